The zero-order chi connectivity index (χ0) is 10.7. The standard InChI is InChI=1S/C8H9FN2O3/c9-5-2-1-4(3-11-5)6(10)7(12)8(13)14/h1-3,6-7,12H,10H2,(H,13,14)/t6-,7+/m0/s1. The summed E-state index contributed by atoms with van der Waals surface area (Å²) in [5.41, 5.74) is 5.66. The van der Waals surface area contributed by atoms with Gasteiger partial charge in [0.15, 0.2) is 6.10 Å². The maximum Gasteiger partial charge on any atom is 0.334 e. The molecule has 0 aliphatic heterocycles. The number of aliphatic hydroxyl groups is 1. The number of nitrogens with two attached hydrogens (primary N) is 1. The van der Waals surface area contributed by atoms with E-state index in [2.05, 4.69) is 4.98 Å². The Bertz CT molecular complexity index is 328. The molecule has 0 amide bonds. The van der Waals surface area contributed by atoms with Gasteiger partial charge in [0.05, 0.1) is 6.04 Å². The van der Waals surface area contributed by atoms with Crippen molar-refractivity contribution in [1.82, 2.24) is 4.98 Å². The van der Waals surface area contributed by atoms with Crippen LogP contribution in [0.5, 0.6) is 0 Å². The first-order valence-corrected chi connectivity index (χ1v) is 3.80. The summed E-state index contributed by atoms with van der Waals surface area (Å²) in [6.07, 6.45) is -0.631. The van der Waals surface area contributed by atoms with Gasteiger partial charge in [0.1, 0.15) is 0 Å². The molecule has 0 spiro atoms. The summed E-state index contributed by atoms with van der Waals surface area (Å²) in [6, 6.07) is 1.21. The molecule has 0 unspecified atom stereocenters. The lowest BCUT2D eigenvalue weighted by atomic mass is 10.0. The summed E-state index contributed by atoms with van der Waals surface area (Å²) in [5.74, 6) is -2.12. The maximum atomic E-state index is 12.4. The number of hydrogen-bond acceptors (Lipinski definition) is 4. The number of aromatic nitrogens is 1. The van der Waals surface area contributed by atoms with Crippen molar-refractivity contribution in [3.05, 3.63) is 29.8 Å². The number of hydrogen-bond donors (Lipinski definition) is 3. The van der Waals surface area contributed by atoms with Crippen molar-refractivity contribution >= 4 is 5.97 Å². The fourth-order valence-electron chi connectivity index (χ4n) is 0.920. The largest absolute Gasteiger partial charge is 0.479 e. The number of halogens is 1. The van der Waals surface area contributed by atoms with E-state index in [1.807, 2.05) is 0 Å². The Balaban J connectivity index is 2.84. The van der Waals surface area contributed by atoms with Crippen molar-refractivity contribution in [2.24, 2.45) is 5.73 Å². The number of aliphatic hydroxyl groups excluding tert-OH is 1. The van der Waals surface area contributed by atoms with Crippen LogP contribution in [0.25, 0.3) is 0 Å². The van der Waals surface area contributed by atoms with Gasteiger partial charge < -0.3 is 15.9 Å². The first-order valence-electron chi connectivity index (χ1n) is 3.80. The minimum Gasteiger partial charge on any atom is -0.479 e. The molecule has 1 heterocycles. The van der Waals surface area contributed by atoms with E-state index in [1.165, 1.54) is 6.07 Å². The number of carboxylic acid groups (broad SMARTS) is 1. The monoisotopic (exact) mass is 200 g/mol. The maximum absolute atomic E-state index is 12.4. The number of rotatable bonds is 3. The van der Waals surface area contributed by atoms with Crippen LogP contribution in [0.3, 0.4) is 0 Å². The zero-order valence-electron chi connectivity index (χ0n) is 7.09. The molecule has 0 fully saturated rings. The predicted molar refractivity (Wildman–Crippen MR) is 44.8 cm³/mol. The van der Waals surface area contributed by atoms with Gasteiger partial charge in [0, 0.05) is 6.20 Å². The van der Waals surface area contributed by atoms with E-state index in [4.69, 9.17) is 15.9 Å². The van der Waals surface area contributed by atoms with Crippen LogP contribution in [0, 0.1) is 5.95 Å². The first kappa shape index (κ1) is 10.6. The second-order valence-corrected chi connectivity index (χ2v) is 2.72. The Kier molecular flexibility index (Phi) is 3.10. The molecule has 4 N–H and O–H groups in total. The van der Waals surface area contributed by atoms with Gasteiger partial charge >= 0.3 is 5.97 Å². The van der Waals surface area contributed by atoms with E-state index in [0.29, 0.717) is 0 Å². The van der Waals surface area contributed by atoms with E-state index in [9.17, 15) is 9.18 Å². The summed E-state index contributed by atoms with van der Waals surface area (Å²) < 4.78 is 12.4. The molecule has 1 aromatic heterocycles. The van der Waals surface area contributed by atoms with Crippen LogP contribution in [0.4, 0.5) is 4.39 Å². The molecule has 0 aromatic carbocycles. The summed E-state index contributed by atoms with van der Waals surface area (Å²) >= 11 is 0. The summed E-state index contributed by atoms with van der Waals surface area (Å²) in [6.45, 7) is 0. The molecule has 0 radical (unpaired) electrons. The molecule has 1 rings (SSSR count). The minimum absolute atomic E-state index is 0.265. The van der Waals surface area contributed by atoms with Crippen LogP contribution in [0.1, 0.15) is 11.6 Å². The normalized spacial score (nSPS) is 14.8. The topological polar surface area (TPSA) is 96.4 Å². The van der Waals surface area contributed by atoms with Crippen LogP contribution >= 0.6 is 0 Å². The molecule has 0 aliphatic rings. The number of pyridine rings is 1. The average Bonchev–Trinajstić information content (AvgIpc) is 2.16. The molecule has 0 bridgehead atoms. The third-order valence-electron chi connectivity index (χ3n) is 1.73. The number of carboxylic acids is 1. The zero-order valence-corrected chi connectivity index (χ0v) is 7.09. The molecule has 14 heavy (non-hydrogen) atoms. The van der Waals surface area contributed by atoms with Crippen molar-refractivity contribution in [3.8, 4) is 0 Å². The Morgan fingerprint density at radius 3 is 2.64 bits per heavy atom. The van der Waals surface area contributed by atoms with Crippen LogP contribution in [0.15, 0.2) is 18.3 Å². The fraction of sp³-hybridized carbons (Fsp3) is 0.250. The lowest BCUT2D eigenvalue weighted by Gasteiger charge is -2.14. The van der Waals surface area contributed by atoms with Gasteiger partial charge in [-0.15, -0.1) is 0 Å². The van der Waals surface area contributed by atoms with Gasteiger partial charge in [-0.1, -0.05) is 6.07 Å². The van der Waals surface area contributed by atoms with Crippen LogP contribution in [-0.2, 0) is 4.79 Å². The SMILES string of the molecule is N[C@@H](c1ccc(F)nc1)[C@@H](O)C(=O)O. The Morgan fingerprint density at radius 1 is 1.57 bits per heavy atom. The third kappa shape index (κ3) is 2.24. The third-order valence-corrected chi connectivity index (χ3v) is 1.73. The van der Waals surface area contributed by atoms with Crippen molar-refractivity contribution in [2.75, 3.05) is 0 Å². The van der Waals surface area contributed by atoms with Crippen molar-refractivity contribution < 1.29 is 19.4 Å². The van der Waals surface area contributed by atoms with Crippen LogP contribution < -0.4 is 5.73 Å². The van der Waals surface area contributed by atoms with E-state index in [0.717, 1.165) is 12.3 Å². The summed E-state index contributed by atoms with van der Waals surface area (Å²) in [5, 5.41) is 17.5. The molecule has 0 aliphatic carbocycles. The highest BCUT2D eigenvalue weighted by atomic mass is 19.1. The molecule has 6 heteroatoms. The first-order chi connectivity index (χ1) is 6.52. The van der Waals surface area contributed by atoms with Gasteiger partial charge in [-0.05, 0) is 11.6 Å². The van der Waals surface area contributed by atoms with Gasteiger partial charge in [0.25, 0.3) is 0 Å². The molecular formula is C8H9FN2O3. The Morgan fingerprint density at radius 2 is 2.21 bits per heavy atom. The van der Waals surface area contributed by atoms with Crippen LogP contribution in [-0.4, -0.2) is 27.3 Å². The van der Waals surface area contributed by atoms with E-state index < -0.39 is 24.1 Å². The average molecular weight is 200 g/mol. The molecule has 0 saturated carbocycles. The molecule has 2 atom stereocenters. The second kappa shape index (κ2) is 4.12. The number of aliphatic carboxylic acids is 1. The second-order valence-electron chi connectivity index (χ2n) is 2.72. The molecule has 76 valence electrons. The van der Waals surface area contributed by atoms with Gasteiger partial charge in [-0.3, -0.25) is 0 Å². The lowest BCUT2D eigenvalue weighted by molar-refractivity contribution is -0.147. The highest BCUT2D eigenvalue weighted by Crippen LogP contribution is 2.13. The van der Waals surface area contributed by atoms with Gasteiger partial charge in [0.2, 0.25) is 5.95 Å². The molecular weight excluding hydrogens is 191 g/mol. The molecule has 0 saturated heterocycles. The molecule has 5 nitrogen and oxygen atoms in total. The predicted octanol–water partition coefficient (Wildman–Crippen LogP) is -0.334. The summed E-state index contributed by atoms with van der Waals surface area (Å²) in [4.78, 5) is 13.6. The highest BCUT2D eigenvalue weighted by Gasteiger charge is 2.23. The number of nitrogens with zero attached hydrogens (tertiary/aromatic N) is 1. The quantitative estimate of drug-likeness (QED) is 0.580. The fourth-order valence-corrected chi connectivity index (χ4v) is 0.920. The molecule has 1 aromatic rings. The van der Waals surface area contributed by atoms with E-state index in [1.54, 1.807) is 0 Å². The number of carbonyl (C=O) groups is 1. The van der Waals surface area contributed by atoms with E-state index in [-0.39, 0.29) is 5.56 Å². The smallest absolute Gasteiger partial charge is 0.334 e. The lowest BCUT2D eigenvalue weighted by Crippen LogP contribution is -2.33. The van der Waals surface area contributed by atoms with Gasteiger partial charge in [-0.2, -0.15) is 4.39 Å². The van der Waals surface area contributed by atoms with Crippen molar-refractivity contribution in [3.63, 3.8) is 0 Å². The van der Waals surface area contributed by atoms with Crippen LogP contribution in [0.2, 0.25) is 0 Å². The Labute approximate surface area is 79.0 Å². The minimum atomic E-state index is -1.72. The Hall–Kier alpha value is -1.53. The summed E-state index contributed by atoms with van der Waals surface area (Å²) in [7, 11) is 0. The van der Waals surface area contributed by atoms with Crippen molar-refractivity contribution in [1.29, 1.82) is 0 Å². The highest BCUT2D eigenvalue weighted by molar-refractivity contribution is 5.73. The van der Waals surface area contributed by atoms with Gasteiger partial charge in [-0.25, -0.2) is 9.78 Å². The van der Waals surface area contributed by atoms with E-state index >= 15 is 0 Å². The van der Waals surface area contributed by atoms with Crippen molar-refractivity contribution in [2.45, 2.75) is 12.1 Å².